The zero-order chi connectivity index (χ0) is 15.8. The Morgan fingerprint density at radius 3 is 2.48 bits per heavy atom. The number of carbonyl (C=O) groups excluding carboxylic acids is 1. The molecule has 1 atom stereocenters. The number of alkyl halides is 3. The minimum Gasteiger partial charge on any atom is -0.345 e. The number of amides is 1. The smallest absolute Gasteiger partial charge is 0.345 e. The summed E-state index contributed by atoms with van der Waals surface area (Å²) in [6.07, 6.45) is -3.74. The third-order valence-corrected chi connectivity index (χ3v) is 4.19. The summed E-state index contributed by atoms with van der Waals surface area (Å²) < 4.78 is 73.6. The van der Waals surface area contributed by atoms with Crippen LogP contribution in [0.4, 0.5) is 17.6 Å². The maximum absolute atomic E-state index is 13.7. The molecule has 2 rings (SSSR count). The summed E-state index contributed by atoms with van der Waals surface area (Å²) in [5.41, 5.74) is -2.34. The monoisotopic (exact) mass is 323 g/mol. The molecule has 0 radical (unpaired) electrons. The third kappa shape index (κ3) is 3.41. The highest BCUT2D eigenvalue weighted by Crippen LogP contribution is 2.32. The molecular weight excluding hydrogens is 314 g/mol. The van der Waals surface area contributed by atoms with Crippen molar-refractivity contribution in [2.45, 2.75) is 12.2 Å². The maximum atomic E-state index is 13.7. The molecule has 21 heavy (non-hydrogen) atoms. The second-order valence-electron chi connectivity index (χ2n) is 4.40. The lowest BCUT2D eigenvalue weighted by molar-refractivity contribution is -0.140. The Bertz CT molecular complexity index is 710. The van der Waals surface area contributed by atoms with Gasteiger partial charge in [0.1, 0.15) is 5.82 Å². The largest absolute Gasteiger partial charge is 0.419 e. The van der Waals surface area contributed by atoms with E-state index in [1.54, 1.807) is 0 Å². The van der Waals surface area contributed by atoms with Crippen LogP contribution in [-0.2, 0) is 16.0 Å². The number of hydrogen-bond acceptors (Lipinski definition) is 3. The zero-order valence-electron chi connectivity index (χ0n) is 10.3. The molecule has 0 saturated carbocycles. The summed E-state index contributed by atoms with van der Waals surface area (Å²) in [5.74, 6) is -3.20. The minimum absolute atomic E-state index is 0.403. The molecule has 0 aliphatic carbocycles. The number of rotatable bonds is 2. The molecule has 0 saturated heterocycles. The van der Waals surface area contributed by atoms with Gasteiger partial charge in [0.05, 0.1) is 22.9 Å². The first-order valence-electron chi connectivity index (χ1n) is 5.68. The fraction of sp³-hybridized carbons (Fsp3) is 0.250. The number of carbonyl (C=O) groups is 1. The lowest BCUT2D eigenvalue weighted by atomic mass is 10.1. The summed E-state index contributed by atoms with van der Waals surface area (Å²) in [4.78, 5) is 11.8. The van der Waals surface area contributed by atoms with Crippen LogP contribution in [0.3, 0.4) is 0 Å². The predicted octanol–water partition coefficient (Wildman–Crippen LogP) is 1.89. The van der Waals surface area contributed by atoms with Crippen LogP contribution in [0, 0.1) is 5.82 Å². The van der Waals surface area contributed by atoms with E-state index >= 15 is 0 Å². The molecule has 1 aliphatic heterocycles. The van der Waals surface area contributed by atoms with E-state index in [4.69, 9.17) is 0 Å². The number of hydrogen-bond donors (Lipinski definition) is 1. The van der Waals surface area contributed by atoms with Crippen molar-refractivity contribution in [3.05, 3.63) is 46.6 Å². The Morgan fingerprint density at radius 2 is 1.95 bits per heavy atom. The van der Waals surface area contributed by atoms with Crippen LogP contribution in [0.1, 0.15) is 15.9 Å². The van der Waals surface area contributed by atoms with E-state index in [0.29, 0.717) is 6.07 Å². The van der Waals surface area contributed by atoms with Gasteiger partial charge in [-0.25, -0.2) is 12.8 Å². The molecule has 9 heteroatoms. The fourth-order valence-corrected chi connectivity index (χ4v) is 3.07. The summed E-state index contributed by atoms with van der Waals surface area (Å²) in [5, 5.41) is 3.05. The highest BCUT2D eigenvalue weighted by atomic mass is 32.2. The molecule has 0 spiro atoms. The van der Waals surface area contributed by atoms with E-state index in [2.05, 4.69) is 5.32 Å². The van der Waals surface area contributed by atoms with E-state index in [0.717, 1.165) is 17.5 Å². The standard InChI is InChI=1S/C12H9F4NO3S/c13-10-8(2-1-3-9(10)12(14,15)16)11(18)17-7-4-5-21(19,20)6-7/h1-5,7H,6H2,(H,17,18). The van der Waals surface area contributed by atoms with Gasteiger partial charge in [-0.3, -0.25) is 4.79 Å². The molecule has 0 bridgehead atoms. The highest BCUT2D eigenvalue weighted by molar-refractivity contribution is 7.94. The molecule has 4 nitrogen and oxygen atoms in total. The molecule has 1 aromatic carbocycles. The van der Waals surface area contributed by atoms with Gasteiger partial charge in [-0.2, -0.15) is 13.2 Å². The Morgan fingerprint density at radius 1 is 1.29 bits per heavy atom. The number of benzene rings is 1. The molecule has 1 aromatic rings. The fourth-order valence-electron chi connectivity index (χ4n) is 1.84. The van der Waals surface area contributed by atoms with Gasteiger partial charge in [-0.05, 0) is 18.2 Å². The Kier molecular flexibility index (Phi) is 3.79. The molecule has 1 N–H and O–H groups in total. The molecule has 0 aromatic heterocycles. The van der Waals surface area contributed by atoms with E-state index in [-0.39, 0.29) is 0 Å². The topological polar surface area (TPSA) is 63.2 Å². The number of sulfone groups is 1. The van der Waals surface area contributed by atoms with Gasteiger partial charge in [0.25, 0.3) is 5.91 Å². The van der Waals surface area contributed by atoms with E-state index < -0.39 is 50.7 Å². The van der Waals surface area contributed by atoms with Gasteiger partial charge in [0.2, 0.25) is 0 Å². The van der Waals surface area contributed by atoms with Crippen LogP contribution >= 0.6 is 0 Å². The van der Waals surface area contributed by atoms with E-state index in [1.165, 1.54) is 6.08 Å². The molecule has 1 heterocycles. The Hall–Kier alpha value is -1.90. The molecule has 1 unspecified atom stereocenters. The first-order chi connectivity index (χ1) is 9.60. The van der Waals surface area contributed by atoms with Crippen molar-refractivity contribution in [1.29, 1.82) is 0 Å². The van der Waals surface area contributed by atoms with Gasteiger partial charge in [-0.1, -0.05) is 6.07 Å². The summed E-state index contributed by atoms with van der Waals surface area (Å²) in [6.45, 7) is 0. The molecule has 114 valence electrons. The average Bonchev–Trinajstić information content (AvgIpc) is 2.67. The first-order valence-corrected chi connectivity index (χ1v) is 7.39. The van der Waals surface area contributed by atoms with Gasteiger partial charge < -0.3 is 5.32 Å². The van der Waals surface area contributed by atoms with Crippen molar-refractivity contribution in [2.75, 3.05) is 5.75 Å². The average molecular weight is 323 g/mol. The zero-order valence-corrected chi connectivity index (χ0v) is 11.1. The van der Waals surface area contributed by atoms with Gasteiger partial charge in [0.15, 0.2) is 9.84 Å². The third-order valence-electron chi connectivity index (χ3n) is 2.80. The summed E-state index contributed by atoms with van der Waals surface area (Å²) >= 11 is 0. The van der Waals surface area contributed by atoms with Crippen LogP contribution in [-0.4, -0.2) is 26.1 Å². The number of nitrogens with one attached hydrogen (secondary N) is 1. The van der Waals surface area contributed by atoms with E-state index in [9.17, 15) is 30.8 Å². The van der Waals surface area contributed by atoms with Crippen LogP contribution in [0.5, 0.6) is 0 Å². The number of halogens is 4. The lowest BCUT2D eigenvalue weighted by Crippen LogP contribution is -2.36. The summed E-state index contributed by atoms with van der Waals surface area (Å²) in [7, 11) is -3.43. The Labute approximate surface area is 117 Å². The normalized spacial score (nSPS) is 20.5. The van der Waals surface area contributed by atoms with Gasteiger partial charge in [0, 0.05) is 5.41 Å². The molecular formula is C12H9F4NO3S. The molecule has 1 amide bonds. The van der Waals surface area contributed by atoms with Crippen molar-refractivity contribution in [2.24, 2.45) is 0 Å². The lowest BCUT2D eigenvalue weighted by Gasteiger charge is -2.13. The molecule has 0 fully saturated rings. The predicted molar refractivity (Wildman–Crippen MR) is 65.6 cm³/mol. The minimum atomic E-state index is -4.92. The van der Waals surface area contributed by atoms with Gasteiger partial charge >= 0.3 is 6.18 Å². The maximum Gasteiger partial charge on any atom is 0.419 e. The summed E-state index contributed by atoms with van der Waals surface area (Å²) in [6, 6.07) is 1.43. The van der Waals surface area contributed by atoms with Crippen LogP contribution in [0.15, 0.2) is 29.7 Å². The van der Waals surface area contributed by atoms with Crippen LogP contribution in [0.25, 0.3) is 0 Å². The van der Waals surface area contributed by atoms with E-state index in [1.807, 2.05) is 0 Å². The second-order valence-corrected chi connectivity index (χ2v) is 6.33. The van der Waals surface area contributed by atoms with Crippen LogP contribution < -0.4 is 5.32 Å². The van der Waals surface area contributed by atoms with Crippen molar-refractivity contribution in [1.82, 2.24) is 5.32 Å². The SMILES string of the molecule is O=C(NC1C=CS(=O)(=O)C1)c1cccc(C(F)(F)F)c1F. The Balaban J connectivity index is 2.23. The van der Waals surface area contributed by atoms with Crippen molar-refractivity contribution in [3.8, 4) is 0 Å². The second kappa shape index (κ2) is 5.14. The van der Waals surface area contributed by atoms with Crippen molar-refractivity contribution < 1.29 is 30.8 Å². The van der Waals surface area contributed by atoms with Crippen molar-refractivity contribution >= 4 is 15.7 Å². The van der Waals surface area contributed by atoms with Gasteiger partial charge in [-0.15, -0.1) is 0 Å². The first kappa shape index (κ1) is 15.5. The van der Waals surface area contributed by atoms with Crippen molar-refractivity contribution in [3.63, 3.8) is 0 Å². The highest BCUT2D eigenvalue weighted by Gasteiger charge is 2.36. The molecule has 1 aliphatic rings. The van der Waals surface area contributed by atoms with Crippen LogP contribution in [0.2, 0.25) is 0 Å². The quantitative estimate of drug-likeness (QED) is 0.846.